The molecule has 0 fully saturated rings. The number of nitrogens with zero attached hydrogens (tertiary/aromatic N) is 1. The summed E-state index contributed by atoms with van der Waals surface area (Å²) in [4.78, 5) is 25.0. The molecule has 0 spiro atoms. The second kappa shape index (κ2) is 5.01. The Morgan fingerprint density at radius 1 is 1.50 bits per heavy atom. The average molecular weight is 224 g/mol. The fourth-order valence-electron chi connectivity index (χ4n) is 1.01. The van der Waals surface area contributed by atoms with E-state index in [0.29, 0.717) is 0 Å². The number of carbonyl (C=O) groups is 2. The molecule has 1 rings (SSSR count). The maximum atomic E-state index is 12.8. The van der Waals surface area contributed by atoms with E-state index < -0.39 is 17.7 Å². The molecule has 1 heterocycles. The van der Waals surface area contributed by atoms with E-state index in [-0.39, 0.29) is 11.3 Å². The van der Waals surface area contributed by atoms with E-state index >= 15 is 0 Å². The molecule has 0 aliphatic heterocycles. The molecule has 0 aromatic carbocycles. The first-order valence-electron chi connectivity index (χ1n) is 4.32. The SMILES string of the molecule is CC(=O)N/C(=C/c1cncc(F)c1)C(=O)O. The van der Waals surface area contributed by atoms with Crippen molar-refractivity contribution in [3.8, 4) is 0 Å². The Kier molecular flexibility index (Phi) is 3.71. The van der Waals surface area contributed by atoms with Gasteiger partial charge in [-0.3, -0.25) is 9.78 Å². The van der Waals surface area contributed by atoms with Crippen LogP contribution in [0, 0.1) is 5.82 Å². The summed E-state index contributed by atoms with van der Waals surface area (Å²) in [6.07, 6.45) is 3.41. The molecule has 16 heavy (non-hydrogen) atoms. The van der Waals surface area contributed by atoms with E-state index in [1.807, 2.05) is 0 Å². The minimum Gasteiger partial charge on any atom is -0.477 e. The minimum atomic E-state index is -1.31. The van der Waals surface area contributed by atoms with Crippen molar-refractivity contribution in [1.29, 1.82) is 0 Å². The minimum absolute atomic E-state index is 0.256. The van der Waals surface area contributed by atoms with Crippen LogP contribution in [0.5, 0.6) is 0 Å². The molecule has 0 aliphatic rings. The van der Waals surface area contributed by atoms with Gasteiger partial charge in [-0.15, -0.1) is 0 Å². The lowest BCUT2D eigenvalue weighted by Crippen LogP contribution is -2.24. The van der Waals surface area contributed by atoms with Gasteiger partial charge in [0.2, 0.25) is 5.91 Å². The Labute approximate surface area is 90.6 Å². The van der Waals surface area contributed by atoms with Gasteiger partial charge in [-0.2, -0.15) is 0 Å². The molecular weight excluding hydrogens is 215 g/mol. The fraction of sp³-hybridized carbons (Fsp3) is 0.100. The van der Waals surface area contributed by atoms with Gasteiger partial charge in [0.05, 0.1) is 6.20 Å². The highest BCUT2D eigenvalue weighted by Gasteiger charge is 2.08. The molecule has 1 aromatic rings. The fourth-order valence-corrected chi connectivity index (χ4v) is 1.01. The normalized spacial score (nSPS) is 11.0. The summed E-state index contributed by atoms with van der Waals surface area (Å²) in [5, 5.41) is 10.9. The molecule has 0 saturated heterocycles. The van der Waals surface area contributed by atoms with Gasteiger partial charge in [-0.25, -0.2) is 9.18 Å². The highest BCUT2D eigenvalue weighted by Crippen LogP contribution is 2.06. The molecule has 6 heteroatoms. The molecule has 0 atom stereocenters. The number of aliphatic carboxylic acids is 1. The zero-order chi connectivity index (χ0) is 12.1. The van der Waals surface area contributed by atoms with Crippen LogP contribution < -0.4 is 5.32 Å². The molecular formula is C10H9FN2O3. The Balaban J connectivity index is 3.02. The molecule has 0 unspecified atom stereocenters. The van der Waals surface area contributed by atoms with Crippen molar-refractivity contribution < 1.29 is 19.1 Å². The Morgan fingerprint density at radius 3 is 2.69 bits per heavy atom. The van der Waals surface area contributed by atoms with E-state index in [4.69, 9.17) is 5.11 Å². The third-order valence-corrected chi connectivity index (χ3v) is 1.58. The lowest BCUT2D eigenvalue weighted by molar-refractivity contribution is -0.134. The first kappa shape index (κ1) is 11.8. The van der Waals surface area contributed by atoms with Gasteiger partial charge in [0.1, 0.15) is 11.5 Å². The summed E-state index contributed by atoms with van der Waals surface area (Å²) >= 11 is 0. The number of amides is 1. The van der Waals surface area contributed by atoms with Crippen LogP contribution in [0.1, 0.15) is 12.5 Å². The lowest BCUT2D eigenvalue weighted by atomic mass is 10.2. The number of carboxylic acid groups (broad SMARTS) is 1. The number of hydrogen-bond donors (Lipinski definition) is 2. The molecule has 0 aliphatic carbocycles. The quantitative estimate of drug-likeness (QED) is 0.743. The van der Waals surface area contributed by atoms with Crippen molar-refractivity contribution in [2.45, 2.75) is 6.92 Å². The third kappa shape index (κ3) is 3.49. The van der Waals surface area contributed by atoms with Crippen LogP contribution in [0.4, 0.5) is 4.39 Å². The largest absolute Gasteiger partial charge is 0.477 e. The molecule has 1 amide bonds. The van der Waals surface area contributed by atoms with E-state index in [2.05, 4.69) is 10.3 Å². The smallest absolute Gasteiger partial charge is 0.352 e. The predicted molar refractivity (Wildman–Crippen MR) is 53.6 cm³/mol. The highest BCUT2D eigenvalue weighted by molar-refractivity contribution is 5.96. The summed E-state index contributed by atoms with van der Waals surface area (Å²) in [6.45, 7) is 1.18. The van der Waals surface area contributed by atoms with Crippen LogP contribution in [0.25, 0.3) is 6.08 Å². The highest BCUT2D eigenvalue weighted by atomic mass is 19.1. The molecule has 0 saturated carbocycles. The molecule has 5 nitrogen and oxygen atoms in total. The van der Waals surface area contributed by atoms with Crippen LogP contribution in [0.2, 0.25) is 0 Å². The predicted octanol–water partition coefficient (Wildman–Crippen LogP) is 0.782. The average Bonchev–Trinajstić information content (AvgIpc) is 2.15. The van der Waals surface area contributed by atoms with Crippen molar-refractivity contribution in [2.24, 2.45) is 0 Å². The molecule has 0 bridgehead atoms. The van der Waals surface area contributed by atoms with Gasteiger partial charge in [0.15, 0.2) is 0 Å². The van der Waals surface area contributed by atoms with Gasteiger partial charge in [0.25, 0.3) is 0 Å². The Hall–Kier alpha value is -2.24. The van der Waals surface area contributed by atoms with Crippen molar-refractivity contribution in [3.63, 3.8) is 0 Å². The number of nitrogens with one attached hydrogen (secondary N) is 1. The molecule has 1 aromatic heterocycles. The molecule has 84 valence electrons. The topological polar surface area (TPSA) is 79.3 Å². The number of halogens is 1. The van der Waals surface area contributed by atoms with Crippen LogP contribution in [0.3, 0.4) is 0 Å². The Bertz CT molecular complexity index is 457. The van der Waals surface area contributed by atoms with Crippen molar-refractivity contribution >= 4 is 18.0 Å². The van der Waals surface area contributed by atoms with Crippen LogP contribution in [-0.4, -0.2) is 22.0 Å². The van der Waals surface area contributed by atoms with Gasteiger partial charge in [-0.1, -0.05) is 0 Å². The molecule has 0 radical (unpaired) electrons. The van der Waals surface area contributed by atoms with Gasteiger partial charge in [0, 0.05) is 13.1 Å². The lowest BCUT2D eigenvalue weighted by Gasteiger charge is -2.02. The first-order chi connectivity index (χ1) is 7.49. The number of pyridine rings is 1. The van der Waals surface area contributed by atoms with Crippen LogP contribution >= 0.6 is 0 Å². The number of carbonyl (C=O) groups excluding carboxylic acids is 1. The zero-order valence-electron chi connectivity index (χ0n) is 8.40. The summed E-state index contributed by atoms with van der Waals surface area (Å²) in [5.74, 6) is -2.40. The maximum Gasteiger partial charge on any atom is 0.352 e. The van der Waals surface area contributed by atoms with Crippen molar-refractivity contribution in [3.05, 3.63) is 35.5 Å². The van der Waals surface area contributed by atoms with E-state index in [1.165, 1.54) is 13.1 Å². The first-order valence-corrected chi connectivity index (χ1v) is 4.32. The summed E-state index contributed by atoms with van der Waals surface area (Å²) in [7, 11) is 0. The summed E-state index contributed by atoms with van der Waals surface area (Å²) in [6, 6.07) is 1.11. The maximum absolute atomic E-state index is 12.8. The van der Waals surface area contributed by atoms with E-state index in [0.717, 1.165) is 18.3 Å². The van der Waals surface area contributed by atoms with Gasteiger partial charge < -0.3 is 10.4 Å². The number of rotatable bonds is 3. The number of hydrogen-bond acceptors (Lipinski definition) is 3. The zero-order valence-corrected chi connectivity index (χ0v) is 8.40. The number of aromatic nitrogens is 1. The van der Waals surface area contributed by atoms with Gasteiger partial charge >= 0.3 is 5.97 Å². The number of carboxylic acids is 1. The third-order valence-electron chi connectivity index (χ3n) is 1.58. The molecule has 2 N–H and O–H groups in total. The van der Waals surface area contributed by atoms with Crippen LogP contribution in [-0.2, 0) is 9.59 Å². The van der Waals surface area contributed by atoms with Gasteiger partial charge in [-0.05, 0) is 17.7 Å². The van der Waals surface area contributed by atoms with E-state index in [9.17, 15) is 14.0 Å². The Morgan fingerprint density at radius 2 is 2.19 bits per heavy atom. The summed E-state index contributed by atoms with van der Waals surface area (Å²) in [5.41, 5.74) is -0.0777. The standard InChI is InChI=1S/C10H9FN2O3/c1-6(14)13-9(10(15)16)3-7-2-8(11)5-12-4-7/h2-5H,1H3,(H,13,14)(H,15,16)/b9-3+. The second-order valence-electron chi connectivity index (χ2n) is 2.98. The summed E-state index contributed by atoms with van der Waals surface area (Å²) < 4.78 is 12.8. The van der Waals surface area contributed by atoms with Crippen molar-refractivity contribution in [2.75, 3.05) is 0 Å². The van der Waals surface area contributed by atoms with Crippen molar-refractivity contribution in [1.82, 2.24) is 10.3 Å². The second-order valence-corrected chi connectivity index (χ2v) is 2.98. The monoisotopic (exact) mass is 224 g/mol. The van der Waals surface area contributed by atoms with Crippen LogP contribution in [0.15, 0.2) is 24.2 Å². The van der Waals surface area contributed by atoms with E-state index in [1.54, 1.807) is 0 Å².